The van der Waals surface area contributed by atoms with Gasteiger partial charge in [-0.15, -0.1) is 30.3 Å². The fourth-order valence-corrected chi connectivity index (χ4v) is 8.04. The standard InChI is InChI=1S/C54H34BN5O3.Pt/c1-3-17-38(18-4-1)44-25-15-26-45(39-19-5-2-6-20-39)53(44)58-37-57(46-27-7-8-28-47(46)58)40-21-13-23-42(35-40)61-43-24-14-22-41(36-43)59-54-49(30-16-34-56-54)60-48-29-9-10-31-50(48)62-51-32-11-12-33-52(51)63-55(59)60;/h1-34H;/q-2;/i1D,2D,3D,4D,5D,6D,17D,18D,19D,20D;. The van der Waals surface area contributed by atoms with Crippen molar-refractivity contribution in [3.8, 4) is 62.4 Å². The summed E-state index contributed by atoms with van der Waals surface area (Å²) in [6, 6.07) is 43.3. The normalized spacial score (nSPS) is 14.6. The molecule has 0 radical (unpaired) electrons. The van der Waals surface area contributed by atoms with Gasteiger partial charge < -0.3 is 28.3 Å². The Hall–Kier alpha value is -7.87. The van der Waals surface area contributed by atoms with E-state index >= 15 is 0 Å². The van der Waals surface area contributed by atoms with Crippen molar-refractivity contribution >= 4 is 41.1 Å². The second-order valence-corrected chi connectivity index (χ2v) is 14.4. The van der Waals surface area contributed by atoms with Crippen molar-refractivity contribution in [1.82, 2.24) is 9.55 Å². The number of fused-ring (bicyclic) bond motifs is 7. The molecule has 0 unspecified atom stereocenters. The zero-order valence-corrected chi connectivity index (χ0v) is 35.5. The zero-order chi connectivity index (χ0) is 50.4. The Morgan fingerprint density at radius 1 is 0.578 bits per heavy atom. The van der Waals surface area contributed by atoms with E-state index in [-0.39, 0.29) is 49.0 Å². The minimum absolute atomic E-state index is 0. The predicted octanol–water partition coefficient (Wildman–Crippen LogP) is 12.3. The third kappa shape index (κ3) is 6.78. The summed E-state index contributed by atoms with van der Waals surface area (Å²) < 4.78 is 110. The summed E-state index contributed by atoms with van der Waals surface area (Å²) >= 11 is 0. The van der Waals surface area contributed by atoms with Crippen LogP contribution < -0.4 is 28.3 Å². The van der Waals surface area contributed by atoms with Crippen LogP contribution in [0.3, 0.4) is 0 Å². The fourth-order valence-electron chi connectivity index (χ4n) is 8.04. The van der Waals surface area contributed by atoms with E-state index in [0.717, 1.165) is 11.4 Å². The van der Waals surface area contributed by atoms with Gasteiger partial charge in [0.2, 0.25) is 0 Å². The van der Waals surface area contributed by atoms with Gasteiger partial charge in [0.15, 0.2) is 5.75 Å². The van der Waals surface area contributed by atoms with Gasteiger partial charge in [-0.3, -0.25) is 4.57 Å². The molecule has 0 saturated heterocycles. The number of ether oxygens (including phenoxy) is 2. The fraction of sp³-hybridized carbons (Fsp3) is 0. The van der Waals surface area contributed by atoms with Crippen molar-refractivity contribution in [2.75, 3.05) is 9.62 Å². The summed E-state index contributed by atoms with van der Waals surface area (Å²) in [6.45, 7) is 0. The predicted molar refractivity (Wildman–Crippen MR) is 247 cm³/mol. The molecule has 0 saturated carbocycles. The van der Waals surface area contributed by atoms with E-state index in [4.69, 9.17) is 32.8 Å². The first-order valence-electron chi connectivity index (χ1n) is 24.9. The van der Waals surface area contributed by atoms with E-state index in [2.05, 4.69) is 18.5 Å². The Kier molecular flexibility index (Phi) is 7.56. The third-order valence-electron chi connectivity index (χ3n) is 10.7. The van der Waals surface area contributed by atoms with Gasteiger partial charge in [0.1, 0.15) is 17.3 Å². The number of aromatic nitrogens is 3. The van der Waals surface area contributed by atoms with Gasteiger partial charge in [-0.25, -0.2) is 4.98 Å². The molecule has 12 rings (SSSR count). The minimum Gasteiger partial charge on any atom is -0.520 e. The molecule has 2 aromatic heterocycles. The average Bonchev–Trinajstić information content (AvgIpc) is 3.96. The SMILES string of the molecule is [2H]c1c([2H])c([2H])c(-c2cccc(-c3c([2H])c([2H])c([2H])c([2H])c3[2H])c2-[n+]2[c-]n(-c3[c-]c(Oc4[c-]c(N5B6Oc7ccccc7Oc7ccccc7N6c6cccnc65)ccc4)ccc3)c3ccccc32)c([2H])c1[2H].[Pt]. The summed E-state index contributed by atoms with van der Waals surface area (Å²) in [5.41, 5.74) is 3.82. The van der Waals surface area contributed by atoms with Crippen LogP contribution in [-0.4, -0.2) is 16.7 Å². The number of benzene rings is 8. The molecule has 4 heterocycles. The first-order chi connectivity index (χ1) is 35.4. The van der Waals surface area contributed by atoms with Crippen LogP contribution in [0.15, 0.2) is 206 Å². The molecular formula is C54H34BN5O3Pt-2. The van der Waals surface area contributed by atoms with Crippen LogP contribution in [0.25, 0.3) is 44.7 Å². The molecule has 2 aliphatic heterocycles. The average molecular weight is 1020 g/mol. The van der Waals surface area contributed by atoms with E-state index in [9.17, 15) is 0 Å². The van der Waals surface area contributed by atoms with Crippen LogP contribution in [0.2, 0.25) is 0 Å². The molecule has 64 heavy (non-hydrogen) atoms. The number of hydrogen-bond acceptors (Lipinski definition) is 6. The maximum Gasteiger partial charge on any atom is 0.628 e. The van der Waals surface area contributed by atoms with Crippen molar-refractivity contribution < 1.29 is 53.5 Å². The Morgan fingerprint density at radius 2 is 1.19 bits per heavy atom. The molecule has 0 amide bonds. The van der Waals surface area contributed by atoms with E-state index in [0.29, 0.717) is 57.0 Å². The Labute approximate surface area is 399 Å². The van der Waals surface area contributed by atoms with Gasteiger partial charge in [-0.05, 0) is 64.3 Å². The summed E-state index contributed by atoms with van der Waals surface area (Å²) in [5.74, 6) is 3.01. The van der Waals surface area contributed by atoms with Crippen LogP contribution in [0.5, 0.6) is 28.7 Å². The minimum atomic E-state index is -0.756. The van der Waals surface area contributed by atoms with Gasteiger partial charge in [0.05, 0.1) is 41.8 Å². The largest absolute Gasteiger partial charge is 0.628 e. The van der Waals surface area contributed by atoms with E-state index < -0.39 is 67.6 Å². The van der Waals surface area contributed by atoms with E-state index in [1.54, 1.807) is 69.9 Å². The van der Waals surface area contributed by atoms with Gasteiger partial charge in [-0.1, -0.05) is 133 Å². The van der Waals surface area contributed by atoms with Crippen molar-refractivity contribution in [3.63, 3.8) is 0 Å². The third-order valence-corrected chi connectivity index (χ3v) is 10.7. The number of anilines is 4. The monoisotopic (exact) mass is 1020 g/mol. The molecule has 0 fully saturated rings. The molecule has 0 N–H and O–H groups in total. The van der Waals surface area contributed by atoms with Crippen LogP contribution in [-0.2, 0) is 21.1 Å². The van der Waals surface area contributed by atoms with Crippen LogP contribution in [0, 0.1) is 18.5 Å². The molecule has 0 spiro atoms. The Balaban J connectivity index is 0.00000588. The first-order valence-corrected chi connectivity index (χ1v) is 19.9. The molecule has 8 nitrogen and oxygen atoms in total. The summed E-state index contributed by atoms with van der Waals surface area (Å²) in [6.07, 6.45) is 5.11. The zero-order valence-electron chi connectivity index (χ0n) is 43.2. The van der Waals surface area contributed by atoms with E-state index in [1.807, 2.05) is 94.6 Å². The van der Waals surface area contributed by atoms with Crippen LogP contribution >= 0.6 is 0 Å². The Morgan fingerprint density at radius 3 is 1.94 bits per heavy atom. The molecule has 2 aliphatic rings. The number of para-hydroxylation sites is 7. The summed E-state index contributed by atoms with van der Waals surface area (Å²) in [4.78, 5) is 8.81. The number of pyridine rings is 1. The van der Waals surface area contributed by atoms with Gasteiger partial charge >= 0.3 is 7.19 Å². The quantitative estimate of drug-likeness (QED) is 0.0901. The molecular weight excluding hydrogens is 973 g/mol. The topological polar surface area (TPSA) is 55.9 Å². The van der Waals surface area contributed by atoms with Gasteiger partial charge in [0, 0.05) is 38.8 Å². The van der Waals surface area contributed by atoms with Crippen molar-refractivity contribution in [2.45, 2.75) is 0 Å². The Bertz CT molecular complexity index is 3800. The maximum absolute atomic E-state index is 9.01. The number of nitrogens with zero attached hydrogens (tertiary/aromatic N) is 5. The molecule has 0 bridgehead atoms. The van der Waals surface area contributed by atoms with Crippen LogP contribution in [0.4, 0.5) is 22.9 Å². The molecule has 0 atom stereocenters. The molecule has 308 valence electrons. The number of imidazole rings is 1. The smallest absolute Gasteiger partial charge is 0.520 e. The van der Waals surface area contributed by atoms with Crippen molar-refractivity contribution in [2.24, 2.45) is 0 Å². The molecule has 0 aliphatic carbocycles. The summed E-state index contributed by atoms with van der Waals surface area (Å²) in [7, 11) is -0.756. The van der Waals surface area contributed by atoms with Crippen LogP contribution in [0.1, 0.15) is 13.7 Å². The second kappa shape index (κ2) is 16.4. The molecule has 10 heteroatoms. The maximum atomic E-state index is 9.01. The van der Waals surface area contributed by atoms with Crippen molar-refractivity contribution in [1.29, 1.82) is 0 Å². The summed E-state index contributed by atoms with van der Waals surface area (Å²) in [5, 5.41) is 0. The number of hydrogen-bond donors (Lipinski definition) is 0. The van der Waals surface area contributed by atoms with E-state index in [1.165, 1.54) is 0 Å². The molecule has 10 aromatic rings. The number of rotatable bonds is 7. The van der Waals surface area contributed by atoms with Crippen molar-refractivity contribution in [3.05, 3.63) is 225 Å². The molecule has 8 aromatic carbocycles. The second-order valence-electron chi connectivity index (χ2n) is 14.4. The van der Waals surface area contributed by atoms with Gasteiger partial charge in [-0.2, -0.15) is 18.2 Å². The first kappa shape index (κ1) is 29.4. The van der Waals surface area contributed by atoms with Gasteiger partial charge in [0.25, 0.3) is 6.33 Å².